The maximum Gasteiger partial charge on any atom is 0.0205 e. The van der Waals surface area contributed by atoms with E-state index in [2.05, 4.69) is 40.5 Å². The van der Waals surface area contributed by atoms with Gasteiger partial charge in [0.25, 0.3) is 0 Å². The van der Waals surface area contributed by atoms with E-state index in [-0.39, 0.29) is 0 Å². The highest BCUT2D eigenvalue weighted by molar-refractivity contribution is 5.14. The zero-order chi connectivity index (χ0) is 12.3. The van der Waals surface area contributed by atoms with Crippen LogP contribution in [0.2, 0.25) is 0 Å². The summed E-state index contributed by atoms with van der Waals surface area (Å²) in [7, 11) is 0. The van der Waals surface area contributed by atoms with Gasteiger partial charge in [-0.15, -0.1) is 0 Å². The summed E-state index contributed by atoms with van der Waals surface area (Å²) in [4.78, 5) is 2.66. The Labute approximate surface area is 110 Å². The molecule has 0 amide bonds. The Morgan fingerprint density at radius 1 is 1.06 bits per heavy atom. The predicted octanol–water partition coefficient (Wildman–Crippen LogP) is 2.65. The molecule has 2 fully saturated rings. The van der Waals surface area contributed by atoms with Crippen LogP contribution in [0.1, 0.15) is 31.2 Å². The van der Waals surface area contributed by atoms with E-state index in [1.165, 1.54) is 57.4 Å². The van der Waals surface area contributed by atoms with Crippen LogP contribution in [0.4, 0.5) is 0 Å². The van der Waals surface area contributed by atoms with Crippen molar-refractivity contribution in [1.82, 2.24) is 10.2 Å². The quantitative estimate of drug-likeness (QED) is 0.876. The molecule has 0 unspecified atom stereocenters. The number of nitrogens with one attached hydrogen (secondary N) is 1. The Hall–Kier alpha value is -0.860. The molecule has 2 nitrogen and oxygen atoms in total. The van der Waals surface area contributed by atoms with Gasteiger partial charge in [-0.3, -0.25) is 0 Å². The van der Waals surface area contributed by atoms with E-state index in [0.29, 0.717) is 5.41 Å². The van der Waals surface area contributed by atoms with Crippen LogP contribution in [-0.4, -0.2) is 31.1 Å². The van der Waals surface area contributed by atoms with Gasteiger partial charge in [-0.1, -0.05) is 30.3 Å². The molecule has 0 aromatic heterocycles. The number of rotatable bonds is 4. The van der Waals surface area contributed by atoms with Crippen molar-refractivity contribution in [2.75, 3.05) is 26.2 Å². The third kappa shape index (κ3) is 2.76. The SMILES string of the molecule is c1ccc(CNCC23CCCN(CCC2)C3)cc1. The lowest BCUT2D eigenvalue weighted by molar-refractivity contribution is 0.0379. The first-order valence-corrected chi connectivity index (χ1v) is 7.33. The summed E-state index contributed by atoms with van der Waals surface area (Å²) >= 11 is 0. The topological polar surface area (TPSA) is 15.3 Å². The molecule has 0 spiro atoms. The average molecular weight is 244 g/mol. The van der Waals surface area contributed by atoms with Crippen molar-refractivity contribution in [3.8, 4) is 0 Å². The fraction of sp³-hybridized carbons (Fsp3) is 0.625. The van der Waals surface area contributed by atoms with Gasteiger partial charge in [0.15, 0.2) is 0 Å². The summed E-state index contributed by atoms with van der Waals surface area (Å²) < 4.78 is 0. The van der Waals surface area contributed by atoms with Crippen molar-refractivity contribution >= 4 is 0 Å². The lowest BCUT2D eigenvalue weighted by atomic mass is 9.73. The van der Waals surface area contributed by atoms with E-state index < -0.39 is 0 Å². The van der Waals surface area contributed by atoms with Crippen molar-refractivity contribution < 1.29 is 0 Å². The van der Waals surface area contributed by atoms with Gasteiger partial charge < -0.3 is 10.2 Å². The molecular weight excluding hydrogens is 220 g/mol. The summed E-state index contributed by atoms with van der Waals surface area (Å²) in [6, 6.07) is 10.7. The third-order valence-corrected chi connectivity index (χ3v) is 4.59. The Morgan fingerprint density at radius 3 is 2.50 bits per heavy atom. The molecule has 0 saturated carbocycles. The second-order valence-corrected chi connectivity index (χ2v) is 6.07. The highest BCUT2D eigenvalue weighted by Crippen LogP contribution is 2.37. The maximum atomic E-state index is 3.69. The lowest BCUT2D eigenvalue weighted by Gasteiger charge is -2.47. The van der Waals surface area contributed by atoms with Gasteiger partial charge in [-0.05, 0) is 49.8 Å². The van der Waals surface area contributed by atoms with Gasteiger partial charge >= 0.3 is 0 Å². The lowest BCUT2D eigenvalue weighted by Crippen LogP contribution is -2.51. The summed E-state index contributed by atoms with van der Waals surface area (Å²) in [5, 5.41) is 3.69. The number of benzene rings is 1. The van der Waals surface area contributed by atoms with Crippen molar-refractivity contribution in [3.63, 3.8) is 0 Å². The molecule has 1 aromatic rings. The zero-order valence-electron chi connectivity index (χ0n) is 11.2. The van der Waals surface area contributed by atoms with Crippen LogP contribution in [0.3, 0.4) is 0 Å². The van der Waals surface area contributed by atoms with Crippen molar-refractivity contribution in [2.24, 2.45) is 5.41 Å². The number of hydrogen-bond donors (Lipinski definition) is 1. The van der Waals surface area contributed by atoms with E-state index in [1.807, 2.05) is 0 Å². The standard InChI is InChI=1S/C16H24N2/c1-2-6-15(7-3-1)12-17-13-16-8-4-10-18(14-16)11-5-9-16/h1-3,6-7,17H,4-5,8-14H2. The molecule has 2 heteroatoms. The third-order valence-electron chi connectivity index (χ3n) is 4.59. The number of nitrogens with zero attached hydrogens (tertiary/aromatic N) is 1. The summed E-state index contributed by atoms with van der Waals surface area (Å²) in [6.07, 6.45) is 5.64. The molecule has 2 aliphatic heterocycles. The van der Waals surface area contributed by atoms with Crippen LogP contribution in [0, 0.1) is 5.41 Å². The largest absolute Gasteiger partial charge is 0.312 e. The molecule has 2 heterocycles. The van der Waals surface area contributed by atoms with Crippen LogP contribution < -0.4 is 5.32 Å². The average Bonchev–Trinajstić information content (AvgIpc) is 2.40. The van der Waals surface area contributed by atoms with E-state index >= 15 is 0 Å². The van der Waals surface area contributed by atoms with Gasteiger partial charge in [-0.2, -0.15) is 0 Å². The zero-order valence-corrected chi connectivity index (χ0v) is 11.2. The molecule has 18 heavy (non-hydrogen) atoms. The first kappa shape index (κ1) is 12.2. The predicted molar refractivity (Wildman–Crippen MR) is 75.5 cm³/mol. The van der Waals surface area contributed by atoms with E-state index in [9.17, 15) is 0 Å². The molecule has 1 aromatic carbocycles. The highest BCUT2D eigenvalue weighted by Gasteiger charge is 2.37. The molecule has 2 aliphatic rings. The fourth-order valence-electron chi connectivity index (χ4n) is 3.68. The highest BCUT2D eigenvalue weighted by atomic mass is 15.2. The van der Waals surface area contributed by atoms with Gasteiger partial charge in [0, 0.05) is 19.6 Å². The number of piperidine rings is 2. The Morgan fingerprint density at radius 2 is 1.78 bits per heavy atom. The Bertz CT molecular complexity index is 364. The molecule has 1 N–H and O–H groups in total. The summed E-state index contributed by atoms with van der Waals surface area (Å²) in [6.45, 7) is 6.21. The molecule has 2 saturated heterocycles. The monoisotopic (exact) mass is 244 g/mol. The maximum absolute atomic E-state index is 3.69. The first-order valence-electron chi connectivity index (χ1n) is 7.33. The summed E-state index contributed by atoms with van der Waals surface area (Å²) in [5.74, 6) is 0. The van der Waals surface area contributed by atoms with Gasteiger partial charge in [0.05, 0.1) is 0 Å². The molecule has 3 rings (SSSR count). The van der Waals surface area contributed by atoms with Crippen molar-refractivity contribution in [2.45, 2.75) is 32.2 Å². The Kier molecular flexibility index (Phi) is 3.67. The normalized spacial score (nSPS) is 31.2. The summed E-state index contributed by atoms with van der Waals surface area (Å²) in [5.41, 5.74) is 1.98. The van der Waals surface area contributed by atoms with Gasteiger partial charge in [-0.25, -0.2) is 0 Å². The second kappa shape index (κ2) is 5.41. The molecule has 0 atom stereocenters. The molecule has 0 radical (unpaired) electrons. The van der Waals surface area contributed by atoms with Crippen LogP contribution >= 0.6 is 0 Å². The second-order valence-electron chi connectivity index (χ2n) is 6.07. The number of hydrogen-bond acceptors (Lipinski definition) is 2. The fourth-order valence-corrected chi connectivity index (χ4v) is 3.68. The van der Waals surface area contributed by atoms with Crippen LogP contribution in [-0.2, 0) is 6.54 Å². The van der Waals surface area contributed by atoms with Crippen LogP contribution in [0.5, 0.6) is 0 Å². The minimum atomic E-state index is 0.575. The number of fused-ring (bicyclic) bond motifs is 2. The van der Waals surface area contributed by atoms with Crippen LogP contribution in [0.25, 0.3) is 0 Å². The molecule has 98 valence electrons. The van der Waals surface area contributed by atoms with Gasteiger partial charge in [0.1, 0.15) is 0 Å². The molecule has 0 aliphatic carbocycles. The molecular formula is C16H24N2. The minimum Gasteiger partial charge on any atom is -0.312 e. The van der Waals surface area contributed by atoms with E-state index in [1.54, 1.807) is 0 Å². The van der Waals surface area contributed by atoms with Crippen molar-refractivity contribution in [3.05, 3.63) is 35.9 Å². The van der Waals surface area contributed by atoms with Crippen LogP contribution in [0.15, 0.2) is 30.3 Å². The first-order chi connectivity index (χ1) is 8.86. The van der Waals surface area contributed by atoms with Gasteiger partial charge in [0.2, 0.25) is 0 Å². The van der Waals surface area contributed by atoms with E-state index in [4.69, 9.17) is 0 Å². The smallest absolute Gasteiger partial charge is 0.0205 e. The van der Waals surface area contributed by atoms with E-state index in [0.717, 1.165) is 6.54 Å². The minimum absolute atomic E-state index is 0.575. The Balaban J connectivity index is 1.53. The molecule has 2 bridgehead atoms. The van der Waals surface area contributed by atoms with Crippen molar-refractivity contribution in [1.29, 1.82) is 0 Å².